The molecule has 0 aliphatic heterocycles. The van der Waals surface area contributed by atoms with Crippen LogP contribution < -0.4 is 10.1 Å². The van der Waals surface area contributed by atoms with E-state index in [1.54, 1.807) is 43.3 Å². The SMILES string of the molecule is CCOC(=O)c1ccc2nc(NC(=O)CCCOc3ccc(Cl)cc3Br)sc2c1. The third-order valence-electron chi connectivity index (χ3n) is 3.85. The fraction of sp³-hybridized carbons (Fsp3) is 0.250. The number of nitrogens with one attached hydrogen (secondary N) is 1. The first kappa shape index (κ1) is 21.5. The summed E-state index contributed by atoms with van der Waals surface area (Å²) in [5.74, 6) is 0.160. The molecule has 0 spiro atoms. The minimum Gasteiger partial charge on any atom is -0.492 e. The number of rotatable bonds is 8. The van der Waals surface area contributed by atoms with Crippen LogP contribution in [0.3, 0.4) is 0 Å². The molecule has 1 amide bonds. The second kappa shape index (κ2) is 10.0. The summed E-state index contributed by atoms with van der Waals surface area (Å²) in [6, 6.07) is 10.4. The van der Waals surface area contributed by atoms with E-state index in [0.29, 0.717) is 53.0 Å². The Morgan fingerprint density at radius 1 is 1.24 bits per heavy atom. The summed E-state index contributed by atoms with van der Waals surface area (Å²) in [4.78, 5) is 28.4. The lowest BCUT2D eigenvalue weighted by molar-refractivity contribution is -0.116. The number of halogens is 2. The normalized spacial score (nSPS) is 10.7. The number of benzene rings is 2. The van der Waals surface area contributed by atoms with Gasteiger partial charge >= 0.3 is 5.97 Å². The smallest absolute Gasteiger partial charge is 0.338 e. The van der Waals surface area contributed by atoms with Gasteiger partial charge in [0.2, 0.25) is 5.91 Å². The highest BCUT2D eigenvalue weighted by atomic mass is 79.9. The zero-order chi connectivity index (χ0) is 20.8. The van der Waals surface area contributed by atoms with Crippen molar-refractivity contribution in [3.05, 3.63) is 51.5 Å². The molecule has 0 aliphatic carbocycles. The largest absolute Gasteiger partial charge is 0.492 e. The molecule has 0 saturated heterocycles. The van der Waals surface area contributed by atoms with Crippen LogP contribution in [-0.4, -0.2) is 30.1 Å². The van der Waals surface area contributed by atoms with Gasteiger partial charge in [0, 0.05) is 11.4 Å². The molecule has 0 aliphatic rings. The zero-order valence-electron chi connectivity index (χ0n) is 15.5. The van der Waals surface area contributed by atoms with E-state index in [-0.39, 0.29) is 11.9 Å². The zero-order valence-corrected chi connectivity index (χ0v) is 18.7. The van der Waals surface area contributed by atoms with E-state index in [4.69, 9.17) is 21.1 Å². The first-order chi connectivity index (χ1) is 14.0. The molecule has 3 aromatic rings. The quantitative estimate of drug-likeness (QED) is 0.320. The van der Waals surface area contributed by atoms with E-state index in [9.17, 15) is 9.59 Å². The second-order valence-electron chi connectivity index (χ2n) is 6.00. The lowest BCUT2D eigenvalue weighted by atomic mass is 10.2. The average molecular weight is 498 g/mol. The number of hydrogen-bond donors (Lipinski definition) is 1. The molecule has 0 atom stereocenters. The third-order valence-corrected chi connectivity index (χ3v) is 5.63. The van der Waals surface area contributed by atoms with E-state index in [1.807, 2.05) is 0 Å². The van der Waals surface area contributed by atoms with Crippen LogP contribution in [0.2, 0.25) is 5.02 Å². The van der Waals surface area contributed by atoms with Gasteiger partial charge < -0.3 is 14.8 Å². The van der Waals surface area contributed by atoms with Gasteiger partial charge in [-0.1, -0.05) is 22.9 Å². The first-order valence-corrected chi connectivity index (χ1v) is 10.9. The van der Waals surface area contributed by atoms with Crippen molar-refractivity contribution in [2.45, 2.75) is 19.8 Å². The van der Waals surface area contributed by atoms with E-state index < -0.39 is 0 Å². The van der Waals surface area contributed by atoms with Crippen molar-refractivity contribution in [1.29, 1.82) is 0 Å². The lowest BCUT2D eigenvalue weighted by Crippen LogP contribution is -2.12. The van der Waals surface area contributed by atoms with Crippen molar-refractivity contribution in [3.63, 3.8) is 0 Å². The first-order valence-electron chi connectivity index (χ1n) is 8.91. The van der Waals surface area contributed by atoms with Crippen LogP contribution in [0.4, 0.5) is 5.13 Å². The van der Waals surface area contributed by atoms with Gasteiger partial charge in [0.05, 0.1) is 33.5 Å². The monoisotopic (exact) mass is 496 g/mol. The molecular weight excluding hydrogens is 480 g/mol. The number of nitrogens with zero attached hydrogens (tertiary/aromatic N) is 1. The molecule has 9 heteroatoms. The summed E-state index contributed by atoms with van der Waals surface area (Å²) < 4.78 is 12.2. The number of hydrogen-bond acceptors (Lipinski definition) is 6. The van der Waals surface area contributed by atoms with Crippen LogP contribution in [-0.2, 0) is 9.53 Å². The molecule has 1 heterocycles. The molecular formula is C20H18BrClN2O4S. The minimum atomic E-state index is -0.374. The van der Waals surface area contributed by atoms with Crippen LogP contribution in [0.15, 0.2) is 40.9 Å². The van der Waals surface area contributed by atoms with Crippen molar-refractivity contribution in [3.8, 4) is 5.75 Å². The van der Waals surface area contributed by atoms with Crippen LogP contribution in [0.5, 0.6) is 5.75 Å². The highest BCUT2D eigenvalue weighted by Crippen LogP contribution is 2.29. The number of ether oxygens (including phenoxy) is 2. The summed E-state index contributed by atoms with van der Waals surface area (Å²) in [7, 11) is 0. The van der Waals surface area contributed by atoms with Gasteiger partial charge in [0.25, 0.3) is 0 Å². The number of thiazole rings is 1. The van der Waals surface area contributed by atoms with Gasteiger partial charge in [0.15, 0.2) is 5.13 Å². The Morgan fingerprint density at radius 2 is 2.07 bits per heavy atom. The summed E-state index contributed by atoms with van der Waals surface area (Å²) >= 11 is 10.6. The van der Waals surface area contributed by atoms with Gasteiger partial charge in [-0.2, -0.15) is 0 Å². The molecule has 0 saturated carbocycles. The Morgan fingerprint density at radius 3 is 2.83 bits per heavy atom. The third kappa shape index (κ3) is 5.91. The van der Waals surface area contributed by atoms with E-state index in [1.165, 1.54) is 11.3 Å². The van der Waals surface area contributed by atoms with E-state index >= 15 is 0 Å². The second-order valence-corrected chi connectivity index (χ2v) is 8.32. The molecule has 3 rings (SSSR count). The molecule has 0 fully saturated rings. The van der Waals surface area contributed by atoms with E-state index in [0.717, 1.165) is 9.17 Å². The van der Waals surface area contributed by atoms with Gasteiger partial charge in [-0.3, -0.25) is 4.79 Å². The van der Waals surface area contributed by atoms with Crippen LogP contribution >= 0.6 is 38.9 Å². The lowest BCUT2D eigenvalue weighted by Gasteiger charge is -2.08. The topological polar surface area (TPSA) is 77.5 Å². The summed E-state index contributed by atoms with van der Waals surface area (Å²) in [5, 5.41) is 3.90. The molecule has 2 aromatic carbocycles. The van der Waals surface area contributed by atoms with Crippen molar-refractivity contribution < 1.29 is 19.1 Å². The van der Waals surface area contributed by atoms with Crippen LogP contribution in [0, 0.1) is 0 Å². The van der Waals surface area contributed by atoms with Crippen LogP contribution in [0.25, 0.3) is 10.2 Å². The number of anilines is 1. The minimum absolute atomic E-state index is 0.145. The van der Waals surface area contributed by atoms with Crippen molar-refractivity contribution in [2.24, 2.45) is 0 Å². The fourth-order valence-corrected chi connectivity index (χ4v) is 4.23. The van der Waals surface area contributed by atoms with E-state index in [2.05, 4.69) is 26.2 Å². The Hall–Kier alpha value is -2.16. The molecule has 1 aromatic heterocycles. The number of esters is 1. The van der Waals surface area contributed by atoms with Gasteiger partial charge in [-0.05, 0) is 65.7 Å². The summed E-state index contributed by atoms with van der Waals surface area (Å²) in [5.41, 5.74) is 1.18. The molecule has 0 radical (unpaired) electrons. The average Bonchev–Trinajstić information content (AvgIpc) is 3.08. The maximum absolute atomic E-state index is 12.2. The molecule has 152 valence electrons. The summed E-state index contributed by atoms with van der Waals surface area (Å²) in [6.07, 6.45) is 0.855. The number of carbonyl (C=O) groups excluding carboxylic acids is 2. The Labute approximate surface area is 185 Å². The van der Waals surface area contributed by atoms with Crippen molar-refractivity contribution in [2.75, 3.05) is 18.5 Å². The predicted molar refractivity (Wildman–Crippen MR) is 118 cm³/mol. The van der Waals surface area contributed by atoms with Gasteiger partial charge in [-0.15, -0.1) is 0 Å². The molecule has 6 nitrogen and oxygen atoms in total. The molecule has 1 N–H and O–H groups in total. The Bertz CT molecular complexity index is 1040. The Kier molecular flexibility index (Phi) is 7.46. The fourth-order valence-electron chi connectivity index (χ4n) is 2.51. The maximum atomic E-state index is 12.2. The highest BCUT2D eigenvalue weighted by molar-refractivity contribution is 9.10. The molecule has 29 heavy (non-hydrogen) atoms. The number of fused-ring (bicyclic) bond motifs is 1. The van der Waals surface area contributed by atoms with Crippen LogP contribution in [0.1, 0.15) is 30.1 Å². The summed E-state index contributed by atoms with van der Waals surface area (Å²) in [6.45, 7) is 2.48. The van der Waals surface area contributed by atoms with Gasteiger partial charge in [-0.25, -0.2) is 9.78 Å². The van der Waals surface area contributed by atoms with Crippen molar-refractivity contribution in [1.82, 2.24) is 4.98 Å². The maximum Gasteiger partial charge on any atom is 0.338 e. The Balaban J connectivity index is 1.51. The molecule has 0 unspecified atom stereocenters. The van der Waals surface area contributed by atoms with Gasteiger partial charge in [0.1, 0.15) is 5.75 Å². The highest BCUT2D eigenvalue weighted by Gasteiger charge is 2.12. The predicted octanol–water partition coefficient (Wildman–Crippen LogP) is 5.69. The van der Waals surface area contributed by atoms with Crippen molar-refractivity contribution >= 4 is 66.1 Å². The number of amides is 1. The number of carbonyl (C=O) groups is 2. The standard InChI is InChI=1S/C20H18BrClN2O4S/c1-2-27-19(26)12-5-7-15-17(10-12)29-20(23-15)24-18(25)4-3-9-28-16-8-6-13(22)11-14(16)21/h5-8,10-11H,2-4,9H2,1H3,(H,23,24,25). The number of aromatic nitrogens is 1. The molecule has 0 bridgehead atoms.